The van der Waals surface area contributed by atoms with Gasteiger partial charge in [-0.2, -0.15) is 0 Å². The molecule has 1 heterocycles. The van der Waals surface area contributed by atoms with Gasteiger partial charge in [-0.1, -0.05) is 6.92 Å². The van der Waals surface area contributed by atoms with Crippen molar-refractivity contribution in [1.29, 1.82) is 0 Å². The molecule has 3 heteroatoms. The van der Waals surface area contributed by atoms with Crippen molar-refractivity contribution in [2.75, 3.05) is 0 Å². The van der Waals surface area contributed by atoms with Crippen molar-refractivity contribution in [2.45, 2.75) is 18.7 Å². The van der Waals surface area contributed by atoms with E-state index in [1.54, 1.807) is 16.8 Å². The van der Waals surface area contributed by atoms with Crippen LogP contribution in [0.25, 0.3) is 0 Å². The van der Waals surface area contributed by atoms with Crippen LogP contribution in [-0.2, 0) is 0 Å². The molecule has 1 atom stereocenters. The highest BCUT2D eigenvalue weighted by molar-refractivity contribution is 8.02. The van der Waals surface area contributed by atoms with Gasteiger partial charge in [0.25, 0.3) is 0 Å². The first kappa shape index (κ1) is 5.98. The Morgan fingerprint density at radius 1 is 1.88 bits per heavy atom. The topological polar surface area (TPSA) is 29.3 Å². The van der Waals surface area contributed by atoms with Gasteiger partial charge < -0.3 is 5.01 Å². The molecule has 0 saturated carbocycles. The van der Waals surface area contributed by atoms with E-state index >= 15 is 0 Å². The molecule has 1 aliphatic heterocycles. The Labute approximate surface area is 53.7 Å². The standard InChI is InChI=1S/C5H10N2S/c1-2-5-7(6)3-4-8-5/h3-5H,2,6H2,1H3. The lowest BCUT2D eigenvalue weighted by molar-refractivity contribution is 0.370. The highest BCUT2D eigenvalue weighted by Gasteiger charge is 2.12. The Kier molecular flexibility index (Phi) is 1.81. The summed E-state index contributed by atoms with van der Waals surface area (Å²) in [6.45, 7) is 2.13. The van der Waals surface area contributed by atoms with Crippen LogP contribution < -0.4 is 5.84 Å². The molecule has 0 amide bonds. The smallest absolute Gasteiger partial charge is 0.0935 e. The van der Waals surface area contributed by atoms with Gasteiger partial charge in [0.1, 0.15) is 0 Å². The molecule has 0 spiro atoms. The van der Waals surface area contributed by atoms with Crippen LogP contribution in [0.5, 0.6) is 0 Å². The van der Waals surface area contributed by atoms with Crippen LogP contribution in [0.4, 0.5) is 0 Å². The summed E-state index contributed by atoms with van der Waals surface area (Å²) in [5, 5.41) is 4.24. The third-order valence-electron chi connectivity index (χ3n) is 1.15. The van der Waals surface area contributed by atoms with E-state index in [0.29, 0.717) is 5.37 Å². The van der Waals surface area contributed by atoms with Crippen molar-refractivity contribution < 1.29 is 0 Å². The first-order valence-electron chi connectivity index (χ1n) is 2.69. The van der Waals surface area contributed by atoms with Crippen molar-refractivity contribution >= 4 is 11.8 Å². The van der Waals surface area contributed by atoms with E-state index in [-0.39, 0.29) is 0 Å². The maximum Gasteiger partial charge on any atom is 0.0935 e. The van der Waals surface area contributed by atoms with E-state index in [2.05, 4.69) is 6.92 Å². The Balaban J connectivity index is 2.38. The predicted molar refractivity (Wildman–Crippen MR) is 36.8 cm³/mol. The first-order chi connectivity index (χ1) is 3.84. The summed E-state index contributed by atoms with van der Waals surface area (Å²) in [5.41, 5.74) is 0. The molecule has 8 heavy (non-hydrogen) atoms. The van der Waals surface area contributed by atoms with Gasteiger partial charge in [-0.25, -0.2) is 5.84 Å². The van der Waals surface area contributed by atoms with Crippen LogP contribution in [-0.4, -0.2) is 10.4 Å². The number of nitrogens with two attached hydrogens (primary N) is 1. The van der Waals surface area contributed by atoms with E-state index in [9.17, 15) is 0 Å². The van der Waals surface area contributed by atoms with Gasteiger partial charge in [0, 0.05) is 6.20 Å². The molecule has 1 rings (SSSR count). The summed E-state index contributed by atoms with van der Waals surface area (Å²) in [5.74, 6) is 5.52. The average Bonchev–Trinajstić information content (AvgIpc) is 2.14. The summed E-state index contributed by atoms with van der Waals surface area (Å²) in [6, 6.07) is 0. The lowest BCUT2D eigenvalue weighted by Gasteiger charge is -2.16. The minimum absolute atomic E-state index is 0.481. The number of hydrogen-bond acceptors (Lipinski definition) is 3. The molecule has 0 aromatic carbocycles. The summed E-state index contributed by atoms with van der Waals surface area (Å²) >= 11 is 1.77. The van der Waals surface area contributed by atoms with Crippen LogP contribution >= 0.6 is 11.8 Å². The van der Waals surface area contributed by atoms with E-state index in [1.165, 1.54) is 0 Å². The lowest BCUT2D eigenvalue weighted by atomic mass is 10.5. The van der Waals surface area contributed by atoms with Crippen molar-refractivity contribution in [3.8, 4) is 0 Å². The zero-order valence-electron chi connectivity index (χ0n) is 4.87. The first-order valence-corrected chi connectivity index (χ1v) is 3.64. The highest BCUT2D eigenvalue weighted by atomic mass is 32.2. The number of rotatable bonds is 1. The van der Waals surface area contributed by atoms with Crippen molar-refractivity contribution in [3.05, 3.63) is 11.6 Å². The molecule has 2 N–H and O–H groups in total. The second-order valence-electron chi connectivity index (χ2n) is 1.73. The largest absolute Gasteiger partial charge is 0.304 e. The molecule has 0 saturated heterocycles. The van der Waals surface area contributed by atoms with Crippen molar-refractivity contribution in [1.82, 2.24) is 5.01 Å². The summed E-state index contributed by atoms with van der Waals surface area (Å²) < 4.78 is 0. The fraction of sp³-hybridized carbons (Fsp3) is 0.600. The fourth-order valence-corrected chi connectivity index (χ4v) is 1.46. The molecular formula is C5H10N2S. The maximum atomic E-state index is 5.52. The maximum absolute atomic E-state index is 5.52. The summed E-state index contributed by atoms with van der Waals surface area (Å²) in [6.07, 6.45) is 3.01. The SMILES string of the molecule is CCC1SC=CN1N. The quantitative estimate of drug-likeness (QED) is 0.539. The monoisotopic (exact) mass is 130 g/mol. The third kappa shape index (κ3) is 0.980. The zero-order valence-corrected chi connectivity index (χ0v) is 5.69. The number of hydrogen-bond donors (Lipinski definition) is 1. The molecule has 0 fully saturated rings. The van der Waals surface area contributed by atoms with Crippen molar-refractivity contribution in [2.24, 2.45) is 5.84 Å². The minimum atomic E-state index is 0.481. The molecule has 0 aromatic rings. The van der Waals surface area contributed by atoms with Gasteiger partial charge in [-0.15, -0.1) is 11.8 Å². The normalized spacial score (nSPS) is 27.2. The molecule has 0 radical (unpaired) electrons. The van der Waals surface area contributed by atoms with Crippen LogP contribution in [0.1, 0.15) is 13.3 Å². The molecular weight excluding hydrogens is 120 g/mol. The molecule has 1 aliphatic rings. The number of nitrogens with zero attached hydrogens (tertiary/aromatic N) is 1. The molecule has 46 valence electrons. The number of hydrazine groups is 1. The summed E-state index contributed by atoms with van der Waals surface area (Å²) in [4.78, 5) is 0. The van der Waals surface area contributed by atoms with Crippen LogP contribution in [0.3, 0.4) is 0 Å². The van der Waals surface area contributed by atoms with Gasteiger partial charge in [0.2, 0.25) is 0 Å². The van der Waals surface area contributed by atoms with Gasteiger partial charge in [-0.05, 0) is 11.8 Å². The molecule has 2 nitrogen and oxygen atoms in total. The second-order valence-corrected chi connectivity index (χ2v) is 2.82. The van der Waals surface area contributed by atoms with Crippen molar-refractivity contribution in [3.63, 3.8) is 0 Å². The Hall–Kier alpha value is -0.150. The second kappa shape index (κ2) is 2.42. The Bertz CT molecular complexity index is 103. The van der Waals surface area contributed by atoms with Gasteiger partial charge in [0.05, 0.1) is 5.37 Å². The van der Waals surface area contributed by atoms with Crippen LogP contribution in [0.15, 0.2) is 11.6 Å². The Morgan fingerprint density at radius 2 is 2.62 bits per heavy atom. The molecule has 0 bridgehead atoms. The number of thioether (sulfide) groups is 1. The molecule has 0 aliphatic carbocycles. The van der Waals surface area contributed by atoms with Gasteiger partial charge in [-0.3, -0.25) is 0 Å². The van der Waals surface area contributed by atoms with Crippen LogP contribution in [0, 0.1) is 0 Å². The zero-order chi connectivity index (χ0) is 5.98. The van der Waals surface area contributed by atoms with E-state index in [0.717, 1.165) is 6.42 Å². The highest BCUT2D eigenvalue weighted by Crippen LogP contribution is 2.23. The van der Waals surface area contributed by atoms with Crippen LogP contribution in [0.2, 0.25) is 0 Å². The summed E-state index contributed by atoms with van der Waals surface area (Å²) in [7, 11) is 0. The van der Waals surface area contributed by atoms with E-state index < -0.39 is 0 Å². The van der Waals surface area contributed by atoms with Gasteiger partial charge in [0.15, 0.2) is 0 Å². The minimum Gasteiger partial charge on any atom is -0.304 e. The van der Waals surface area contributed by atoms with E-state index in [1.807, 2.05) is 11.6 Å². The molecule has 1 unspecified atom stereocenters. The fourth-order valence-electron chi connectivity index (χ4n) is 0.669. The molecule has 0 aromatic heterocycles. The average molecular weight is 130 g/mol. The van der Waals surface area contributed by atoms with Gasteiger partial charge >= 0.3 is 0 Å². The lowest BCUT2D eigenvalue weighted by Crippen LogP contribution is -2.30. The van der Waals surface area contributed by atoms with E-state index in [4.69, 9.17) is 5.84 Å². The predicted octanol–water partition coefficient (Wildman–Crippen LogP) is 1.12. The Morgan fingerprint density at radius 3 is 2.88 bits per heavy atom. The third-order valence-corrected chi connectivity index (χ3v) is 2.32.